The van der Waals surface area contributed by atoms with Gasteiger partial charge in [0.2, 0.25) is 5.89 Å². The van der Waals surface area contributed by atoms with Crippen LogP contribution in [0, 0.1) is 6.92 Å². The Hall–Kier alpha value is -1.96. The summed E-state index contributed by atoms with van der Waals surface area (Å²) >= 11 is 0. The lowest BCUT2D eigenvalue weighted by Crippen LogP contribution is -2.48. The van der Waals surface area contributed by atoms with Crippen molar-refractivity contribution in [2.45, 2.75) is 38.5 Å². The maximum atomic E-state index is 10.1. The van der Waals surface area contributed by atoms with Gasteiger partial charge in [0, 0.05) is 26.1 Å². The second-order valence-electron chi connectivity index (χ2n) is 6.49. The van der Waals surface area contributed by atoms with Gasteiger partial charge in [-0.25, -0.2) is 0 Å². The number of aryl methyl sites for hydroxylation is 1. The summed E-state index contributed by atoms with van der Waals surface area (Å²) in [5.41, 5.74) is 0. The molecule has 1 aromatic heterocycles. The molecule has 1 aromatic carbocycles. The molecule has 3 rings (SSSR count). The summed E-state index contributed by atoms with van der Waals surface area (Å²) in [6.45, 7) is 5.26. The van der Waals surface area contributed by atoms with Crippen molar-refractivity contribution in [3.63, 3.8) is 0 Å². The van der Waals surface area contributed by atoms with Gasteiger partial charge in [-0.05, 0) is 31.5 Å². The van der Waals surface area contributed by atoms with Gasteiger partial charge in [0.1, 0.15) is 18.5 Å². The maximum Gasteiger partial charge on any atom is 0.223 e. The van der Waals surface area contributed by atoms with Crippen LogP contribution < -0.4 is 10.1 Å². The molecule has 1 aliphatic rings. The minimum absolute atomic E-state index is 0.287. The first-order valence-electron chi connectivity index (χ1n) is 8.80. The standard InChI is InChI=1S/C18H26N4O3/c1-14-20-18(21-25-14)12-22-9-5-6-15(11-22)19-10-16(23)13-24-17-7-3-2-4-8-17/h2-4,7-8,15-16,19,23H,5-6,9-13H2,1H3/t15-,16-/m0/s1. The zero-order valence-corrected chi connectivity index (χ0v) is 14.6. The average molecular weight is 346 g/mol. The lowest BCUT2D eigenvalue weighted by atomic mass is 10.1. The molecule has 7 nitrogen and oxygen atoms in total. The molecule has 0 radical (unpaired) electrons. The number of rotatable bonds is 8. The van der Waals surface area contributed by atoms with Gasteiger partial charge in [0.05, 0.1) is 6.54 Å². The first-order valence-corrected chi connectivity index (χ1v) is 8.80. The first-order chi connectivity index (χ1) is 12.2. The number of aliphatic hydroxyl groups is 1. The van der Waals surface area contributed by atoms with Crippen molar-refractivity contribution in [3.8, 4) is 5.75 Å². The highest BCUT2D eigenvalue weighted by molar-refractivity contribution is 5.20. The summed E-state index contributed by atoms with van der Waals surface area (Å²) in [4.78, 5) is 6.58. The Labute approximate surface area is 148 Å². The highest BCUT2D eigenvalue weighted by Gasteiger charge is 2.21. The van der Waals surface area contributed by atoms with E-state index in [0.717, 1.165) is 37.5 Å². The number of para-hydroxylation sites is 1. The van der Waals surface area contributed by atoms with Crippen LogP contribution in [-0.4, -0.2) is 58.5 Å². The number of nitrogens with one attached hydrogen (secondary N) is 1. The monoisotopic (exact) mass is 346 g/mol. The minimum atomic E-state index is -0.532. The number of ether oxygens (including phenoxy) is 1. The van der Waals surface area contributed by atoms with E-state index in [1.807, 2.05) is 30.3 Å². The molecule has 0 unspecified atom stereocenters. The van der Waals surface area contributed by atoms with Crippen molar-refractivity contribution in [1.82, 2.24) is 20.4 Å². The van der Waals surface area contributed by atoms with Gasteiger partial charge in [0.25, 0.3) is 0 Å². The van der Waals surface area contributed by atoms with Crippen LogP contribution in [0.15, 0.2) is 34.9 Å². The maximum absolute atomic E-state index is 10.1. The van der Waals surface area contributed by atoms with E-state index in [2.05, 4.69) is 20.4 Å². The molecule has 2 atom stereocenters. The SMILES string of the molecule is Cc1nc(CN2CCC[C@H](NC[C@H](O)COc3ccccc3)C2)no1. The first kappa shape index (κ1) is 17.8. The van der Waals surface area contributed by atoms with Crippen molar-refractivity contribution < 1.29 is 14.4 Å². The van der Waals surface area contributed by atoms with Crippen LogP contribution in [0.25, 0.3) is 0 Å². The number of piperidine rings is 1. The van der Waals surface area contributed by atoms with Crippen molar-refractivity contribution in [3.05, 3.63) is 42.0 Å². The van der Waals surface area contributed by atoms with Crippen LogP contribution in [0.4, 0.5) is 0 Å². The lowest BCUT2D eigenvalue weighted by Gasteiger charge is -2.32. The van der Waals surface area contributed by atoms with Gasteiger partial charge in [0.15, 0.2) is 5.82 Å². The van der Waals surface area contributed by atoms with Gasteiger partial charge >= 0.3 is 0 Å². The molecule has 1 fully saturated rings. The second kappa shape index (κ2) is 8.94. The zero-order valence-electron chi connectivity index (χ0n) is 14.6. The summed E-state index contributed by atoms with van der Waals surface area (Å²) in [5.74, 6) is 2.11. The summed E-state index contributed by atoms with van der Waals surface area (Å²) < 4.78 is 10.6. The van der Waals surface area contributed by atoms with E-state index in [-0.39, 0.29) is 6.61 Å². The Morgan fingerprint density at radius 1 is 1.40 bits per heavy atom. The topological polar surface area (TPSA) is 83.7 Å². The van der Waals surface area contributed by atoms with Crippen molar-refractivity contribution in [1.29, 1.82) is 0 Å². The van der Waals surface area contributed by atoms with Crippen molar-refractivity contribution in [2.75, 3.05) is 26.2 Å². The van der Waals surface area contributed by atoms with Crippen LogP contribution in [0.1, 0.15) is 24.6 Å². The fourth-order valence-electron chi connectivity index (χ4n) is 3.04. The molecular weight excluding hydrogens is 320 g/mol. The van der Waals surface area contributed by atoms with Gasteiger partial charge in [-0.2, -0.15) is 4.98 Å². The Morgan fingerprint density at radius 2 is 2.24 bits per heavy atom. The molecule has 25 heavy (non-hydrogen) atoms. The molecule has 2 heterocycles. The molecular formula is C18H26N4O3. The zero-order chi connectivity index (χ0) is 17.5. The number of aliphatic hydroxyl groups excluding tert-OH is 1. The second-order valence-corrected chi connectivity index (χ2v) is 6.49. The van der Waals surface area contributed by atoms with Gasteiger partial charge < -0.3 is 19.7 Å². The third kappa shape index (κ3) is 5.81. The van der Waals surface area contributed by atoms with Gasteiger partial charge in [-0.3, -0.25) is 4.90 Å². The summed E-state index contributed by atoms with van der Waals surface area (Å²) in [6, 6.07) is 9.91. The third-order valence-electron chi connectivity index (χ3n) is 4.27. The van der Waals surface area contributed by atoms with E-state index in [1.54, 1.807) is 6.92 Å². The number of aromatic nitrogens is 2. The van der Waals surface area contributed by atoms with Crippen LogP contribution in [0.5, 0.6) is 5.75 Å². The molecule has 136 valence electrons. The summed E-state index contributed by atoms with van der Waals surface area (Å²) in [5, 5.41) is 17.5. The molecule has 2 aromatic rings. The fourth-order valence-corrected chi connectivity index (χ4v) is 3.04. The quantitative estimate of drug-likeness (QED) is 0.747. The van der Waals surface area contributed by atoms with E-state index in [0.29, 0.717) is 25.0 Å². The minimum Gasteiger partial charge on any atom is -0.491 e. The number of hydrogen-bond acceptors (Lipinski definition) is 7. The van der Waals surface area contributed by atoms with Crippen LogP contribution in [0.2, 0.25) is 0 Å². The summed E-state index contributed by atoms with van der Waals surface area (Å²) in [6.07, 6.45) is 1.69. The Morgan fingerprint density at radius 3 is 3.00 bits per heavy atom. The van der Waals surface area contributed by atoms with Crippen molar-refractivity contribution >= 4 is 0 Å². The molecule has 0 amide bonds. The van der Waals surface area contributed by atoms with E-state index >= 15 is 0 Å². The predicted molar refractivity (Wildman–Crippen MR) is 93.3 cm³/mol. The molecule has 0 aliphatic carbocycles. The number of nitrogens with zero attached hydrogens (tertiary/aromatic N) is 3. The summed E-state index contributed by atoms with van der Waals surface area (Å²) in [7, 11) is 0. The lowest BCUT2D eigenvalue weighted by molar-refractivity contribution is 0.0959. The molecule has 1 aliphatic heterocycles. The highest BCUT2D eigenvalue weighted by atomic mass is 16.5. The van der Waals surface area contributed by atoms with Gasteiger partial charge in [-0.15, -0.1) is 0 Å². The van der Waals surface area contributed by atoms with E-state index in [1.165, 1.54) is 0 Å². The molecule has 0 spiro atoms. The normalized spacial score (nSPS) is 19.7. The Bertz CT molecular complexity index is 634. The average Bonchev–Trinajstić information content (AvgIpc) is 3.04. The van der Waals surface area contributed by atoms with E-state index in [4.69, 9.17) is 9.26 Å². The Balaban J connectivity index is 1.37. The van der Waals surface area contributed by atoms with Crippen molar-refractivity contribution in [2.24, 2.45) is 0 Å². The third-order valence-corrected chi connectivity index (χ3v) is 4.27. The molecule has 2 N–H and O–H groups in total. The molecule has 1 saturated heterocycles. The van der Waals surface area contributed by atoms with E-state index < -0.39 is 6.10 Å². The van der Waals surface area contributed by atoms with Crippen LogP contribution in [-0.2, 0) is 6.54 Å². The fraction of sp³-hybridized carbons (Fsp3) is 0.556. The number of benzene rings is 1. The van der Waals surface area contributed by atoms with Gasteiger partial charge in [-0.1, -0.05) is 23.4 Å². The van der Waals surface area contributed by atoms with Crippen LogP contribution >= 0.6 is 0 Å². The highest BCUT2D eigenvalue weighted by Crippen LogP contribution is 2.13. The molecule has 7 heteroatoms. The number of likely N-dealkylation sites (tertiary alicyclic amines) is 1. The smallest absolute Gasteiger partial charge is 0.223 e. The molecule has 0 saturated carbocycles. The predicted octanol–water partition coefficient (Wildman–Crippen LogP) is 1.37. The van der Waals surface area contributed by atoms with Crippen LogP contribution in [0.3, 0.4) is 0 Å². The number of hydrogen-bond donors (Lipinski definition) is 2. The molecule has 0 bridgehead atoms. The largest absolute Gasteiger partial charge is 0.491 e. The van der Waals surface area contributed by atoms with E-state index in [9.17, 15) is 5.11 Å². The Kier molecular flexibility index (Phi) is 6.38.